The summed E-state index contributed by atoms with van der Waals surface area (Å²) in [7, 11) is 0. The highest BCUT2D eigenvalue weighted by Crippen LogP contribution is 2.27. The average molecular weight is 220 g/mol. The molecule has 0 fully saturated rings. The fourth-order valence-electron chi connectivity index (χ4n) is 1.41. The number of fused-ring (bicyclic) bond motifs is 1. The molecule has 0 amide bonds. The molecule has 0 aliphatic carbocycles. The van der Waals surface area contributed by atoms with Crippen LogP contribution in [-0.4, -0.2) is 11.0 Å². The van der Waals surface area contributed by atoms with Crippen LogP contribution >= 0.6 is 11.3 Å². The minimum absolute atomic E-state index is 0.492. The third-order valence-corrected chi connectivity index (χ3v) is 3.48. The number of hydrogen-bond donors (Lipinski definition) is 1. The van der Waals surface area contributed by atoms with Crippen molar-refractivity contribution in [3.8, 4) is 0 Å². The van der Waals surface area contributed by atoms with Gasteiger partial charge in [0.2, 0.25) is 0 Å². The fraction of sp³-hybridized carbons (Fsp3) is 0.417. The molecule has 2 aromatic rings. The van der Waals surface area contributed by atoms with Crippen molar-refractivity contribution in [1.29, 1.82) is 0 Å². The molecule has 3 heteroatoms. The van der Waals surface area contributed by atoms with Gasteiger partial charge in [-0.2, -0.15) is 0 Å². The standard InChI is InChI=1S/C12H16N2S/c1-4-9(3)13-12-14-10-6-5-8(2)7-11(10)15-12/h5-7,9H,4H2,1-3H3,(H,13,14). The topological polar surface area (TPSA) is 24.9 Å². The molecule has 2 rings (SSSR count). The van der Waals surface area contributed by atoms with Gasteiger partial charge in [-0.05, 0) is 38.0 Å². The Morgan fingerprint density at radius 1 is 1.47 bits per heavy atom. The lowest BCUT2D eigenvalue weighted by atomic mass is 10.2. The van der Waals surface area contributed by atoms with Crippen molar-refractivity contribution in [1.82, 2.24) is 4.98 Å². The van der Waals surface area contributed by atoms with E-state index in [4.69, 9.17) is 0 Å². The molecule has 0 bridgehead atoms. The summed E-state index contributed by atoms with van der Waals surface area (Å²) in [5, 5.41) is 4.44. The molecule has 0 aliphatic rings. The summed E-state index contributed by atoms with van der Waals surface area (Å²) >= 11 is 1.73. The first-order valence-electron chi connectivity index (χ1n) is 5.32. The first-order valence-corrected chi connectivity index (χ1v) is 6.14. The highest BCUT2D eigenvalue weighted by atomic mass is 32.1. The Balaban J connectivity index is 2.30. The molecule has 1 aromatic heterocycles. The van der Waals surface area contributed by atoms with E-state index in [1.165, 1.54) is 10.3 Å². The lowest BCUT2D eigenvalue weighted by Gasteiger charge is -2.08. The molecule has 1 heterocycles. The first-order chi connectivity index (χ1) is 7.19. The number of anilines is 1. The van der Waals surface area contributed by atoms with Gasteiger partial charge in [0.1, 0.15) is 0 Å². The maximum absolute atomic E-state index is 4.55. The number of benzene rings is 1. The zero-order valence-corrected chi connectivity index (χ0v) is 10.2. The van der Waals surface area contributed by atoms with Gasteiger partial charge in [0.15, 0.2) is 5.13 Å². The number of nitrogens with one attached hydrogen (secondary N) is 1. The van der Waals surface area contributed by atoms with Gasteiger partial charge in [-0.3, -0.25) is 0 Å². The second-order valence-corrected chi connectivity index (χ2v) is 4.97. The average Bonchev–Trinajstić information content (AvgIpc) is 2.59. The van der Waals surface area contributed by atoms with Gasteiger partial charge in [-0.25, -0.2) is 4.98 Å². The molecule has 0 saturated carbocycles. The van der Waals surface area contributed by atoms with Gasteiger partial charge in [0.25, 0.3) is 0 Å². The molecule has 0 aliphatic heterocycles. The lowest BCUT2D eigenvalue weighted by molar-refractivity contribution is 0.763. The Hall–Kier alpha value is -1.09. The monoisotopic (exact) mass is 220 g/mol. The predicted molar refractivity (Wildman–Crippen MR) is 67.7 cm³/mol. The molecule has 1 unspecified atom stereocenters. The molecule has 1 aromatic carbocycles. The highest BCUT2D eigenvalue weighted by molar-refractivity contribution is 7.22. The van der Waals surface area contributed by atoms with Crippen LogP contribution in [0.4, 0.5) is 5.13 Å². The van der Waals surface area contributed by atoms with Gasteiger partial charge in [-0.15, -0.1) is 0 Å². The Morgan fingerprint density at radius 3 is 3.00 bits per heavy atom. The second kappa shape index (κ2) is 4.19. The SMILES string of the molecule is CCC(C)Nc1nc2ccc(C)cc2s1. The van der Waals surface area contributed by atoms with Crippen LogP contribution in [0.1, 0.15) is 25.8 Å². The number of aromatic nitrogens is 1. The van der Waals surface area contributed by atoms with Crippen LogP contribution in [0.5, 0.6) is 0 Å². The summed E-state index contributed by atoms with van der Waals surface area (Å²) in [6.45, 7) is 6.47. The summed E-state index contributed by atoms with van der Waals surface area (Å²) in [6, 6.07) is 6.87. The summed E-state index contributed by atoms with van der Waals surface area (Å²) in [6.07, 6.45) is 1.12. The quantitative estimate of drug-likeness (QED) is 0.850. The van der Waals surface area contributed by atoms with E-state index < -0.39 is 0 Å². The lowest BCUT2D eigenvalue weighted by Crippen LogP contribution is -2.12. The van der Waals surface area contributed by atoms with E-state index in [2.05, 4.69) is 49.3 Å². The number of aryl methyl sites for hydroxylation is 1. The summed E-state index contributed by atoms with van der Waals surface area (Å²) in [5.41, 5.74) is 2.39. The Bertz CT molecular complexity index is 462. The van der Waals surface area contributed by atoms with E-state index in [9.17, 15) is 0 Å². The Kier molecular flexibility index (Phi) is 2.91. The van der Waals surface area contributed by atoms with Crippen LogP contribution in [0.15, 0.2) is 18.2 Å². The van der Waals surface area contributed by atoms with E-state index >= 15 is 0 Å². The van der Waals surface area contributed by atoms with Crippen LogP contribution in [-0.2, 0) is 0 Å². The Morgan fingerprint density at radius 2 is 2.27 bits per heavy atom. The molecule has 1 N–H and O–H groups in total. The zero-order chi connectivity index (χ0) is 10.8. The summed E-state index contributed by atoms with van der Waals surface area (Å²) in [4.78, 5) is 4.55. The Labute approximate surface area is 94.3 Å². The third kappa shape index (κ3) is 2.29. The molecule has 0 spiro atoms. The van der Waals surface area contributed by atoms with Crippen molar-refractivity contribution < 1.29 is 0 Å². The van der Waals surface area contributed by atoms with Gasteiger partial charge in [0.05, 0.1) is 10.2 Å². The fourth-order valence-corrected chi connectivity index (χ4v) is 2.48. The minimum Gasteiger partial charge on any atom is -0.359 e. The number of hydrogen-bond acceptors (Lipinski definition) is 3. The first kappa shape index (κ1) is 10.4. The smallest absolute Gasteiger partial charge is 0.183 e. The van der Waals surface area contributed by atoms with Crippen molar-refractivity contribution >= 4 is 26.7 Å². The summed E-state index contributed by atoms with van der Waals surface area (Å²) < 4.78 is 1.26. The maximum Gasteiger partial charge on any atom is 0.183 e. The van der Waals surface area contributed by atoms with Crippen molar-refractivity contribution in [2.24, 2.45) is 0 Å². The van der Waals surface area contributed by atoms with Gasteiger partial charge < -0.3 is 5.32 Å². The highest BCUT2D eigenvalue weighted by Gasteiger charge is 2.05. The van der Waals surface area contributed by atoms with Gasteiger partial charge in [0, 0.05) is 6.04 Å². The molecular formula is C12H16N2S. The van der Waals surface area contributed by atoms with E-state index in [1.54, 1.807) is 11.3 Å². The van der Waals surface area contributed by atoms with Crippen LogP contribution in [0.3, 0.4) is 0 Å². The number of thiazole rings is 1. The third-order valence-electron chi connectivity index (χ3n) is 2.53. The number of nitrogens with zero attached hydrogens (tertiary/aromatic N) is 1. The van der Waals surface area contributed by atoms with Gasteiger partial charge in [-0.1, -0.05) is 24.3 Å². The predicted octanol–water partition coefficient (Wildman–Crippen LogP) is 3.82. The molecule has 2 nitrogen and oxygen atoms in total. The minimum atomic E-state index is 0.492. The summed E-state index contributed by atoms with van der Waals surface area (Å²) in [5.74, 6) is 0. The normalized spacial score (nSPS) is 13.0. The van der Waals surface area contributed by atoms with Crippen molar-refractivity contribution in [2.45, 2.75) is 33.2 Å². The molecule has 15 heavy (non-hydrogen) atoms. The van der Waals surface area contributed by atoms with Crippen LogP contribution < -0.4 is 5.32 Å². The van der Waals surface area contributed by atoms with Crippen LogP contribution in [0.25, 0.3) is 10.2 Å². The maximum atomic E-state index is 4.55. The molecule has 1 atom stereocenters. The van der Waals surface area contributed by atoms with E-state index in [1.807, 2.05) is 0 Å². The van der Waals surface area contributed by atoms with Crippen molar-refractivity contribution in [3.05, 3.63) is 23.8 Å². The molecule has 0 saturated heterocycles. The van der Waals surface area contributed by atoms with Crippen LogP contribution in [0.2, 0.25) is 0 Å². The number of rotatable bonds is 3. The zero-order valence-electron chi connectivity index (χ0n) is 9.37. The molecule has 80 valence electrons. The molecule has 0 radical (unpaired) electrons. The van der Waals surface area contributed by atoms with Crippen molar-refractivity contribution in [3.63, 3.8) is 0 Å². The largest absolute Gasteiger partial charge is 0.359 e. The van der Waals surface area contributed by atoms with E-state index in [0.29, 0.717) is 6.04 Å². The van der Waals surface area contributed by atoms with Gasteiger partial charge >= 0.3 is 0 Å². The second-order valence-electron chi connectivity index (χ2n) is 3.94. The van der Waals surface area contributed by atoms with E-state index in [-0.39, 0.29) is 0 Å². The van der Waals surface area contributed by atoms with Crippen molar-refractivity contribution in [2.75, 3.05) is 5.32 Å². The van der Waals surface area contributed by atoms with E-state index in [0.717, 1.165) is 17.1 Å². The molecular weight excluding hydrogens is 204 g/mol. The van der Waals surface area contributed by atoms with Crippen LogP contribution in [0, 0.1) is 6.92 Å².